The molecule has 4 nitrogen and oxygen atoms in total. The average Bonchev–Trinajstić information content (AvgIpc) is 2.52. The lowest BCUT2D eigenvalue weighted by Gasteiger charge is -2.33. The molecule has 0 radical (unpaired) electrons. The molecule has 1 saturated heterocycles. The van der Waals surface area contributed by atoms with Crippen LogP contribution in [0, 0.1) is 11.8 Å². The van der Waals surface area contributed by atoms with E-state index in [1.165, 1.54) is 0 Å². The van der Waals surface area contributed by atoms with Crippen molar-refractivity contribution in [1.82, 2.24) is 10.2 Å². The number of nitrogens with one attached hydrogen (secondary N) is 1. The van der Waals surface area contributed by atoms with Gasteiger partial charge in [-0.05, 0) is 43.0 Å². The van der Waals surface area contributed by atoms with Gasteiger partial charge in [0.15, 0.2) is 0 Å². The number of piperidine rings is 1. The number of rotatable bonds is 4. The Kier molecular flexibility index (Phi) is 5.83. The van der Waals surface area contributed by atoms with Crippen molar-refractivity contribution in [2.24, 2.45) is 11.8 Å². The van der Waals surface area contributed by atoms with Gasteiger partial charge >= 0.3 is 0 Å². The SMILES string of the molecule is CC(C)C(=O)NC[C@H]1CCCN(C(=O)c2ccc(Cl)cc2)C1. The molecular formula is C17H23ClN2O2. The lowest BCUT2D eigenvalue weighted by atomic mass is 9.97. The average molecular weight is 323 g/mol. The first-order valence-corrected chi connectivity index (χ1v) is 8.17. The molecule has 0 bridgehead atoms. The molecule has 1 fully saturated rings. The number of carbonyl (C=O) groups excluding carboxylic acids is 2. The van der Waals surface area contributed by atoms with Crippen molar-refractivity contribution in [1.29, 1.82) is 0 Å². The normalized spacial score (nSPS) is 18.4. The summed E-state index contributed by atoms with van der Waals surface area (Å²) in [4.78, 5) is 26.0. The second kappa shape index (κ2) is 7.63. The smallest absolute Gasteiger partial charge is 0.253 e. The fourth-order valence-electron chi connectivity index (χ4n) is 2.64. The summed E-state index contributed by atoms with van der Waals surface area (Å²) in [6, 6.07) is 6.99. The Balaban J connectivity index is 1.91. The van der Waals surface area contributed by atoms with Crippen molar-refractivity contribution in [3.8, 4) is 0 Å². The maximum absolute atomic E-state index is 12.5. The van der Waals surface area contributed by atoms with Crippen molar-refractivity contribution in [3.05, 3.63) is 34.9 Å². The Morgan fingerprint density at radius 2 is 2.00 bits per heavy atom. The highest BCUT2D eigenvalue weighted by Crippen LogP contribution is 2.19. The zero-order valence-corrected chi connectivity index (χ0v) is 13.9. The summed E-state index contributed by atoms with van der Waals surface area (Å²) in [5.41, 5.74) is 0.663. The van der Waals surface area contributed by atoms with Gasteiger partial charge in [-0.1, -0.05) is 25.4 Å². The predicted molar refractivity (Wildman–Crippen MR) is 87.9 cm³/mol. The third-order valence-electron chi connectivity index (χ3n) is 3.99. The van der Waals surface area contributed by atoms with Crippen molar-refractivity contribution in [3.63, 3.8) is 0 Å². The van der Waals surface area contributed by atoms with E-state index in [-0.39, 0.29) is 17.7 Å². The molecule has 1 heterocycles. The van der Waals surface area contributed by atoms with Crippen LogP contribution >= 0.6 is 11.6 Å². The summed E-state index contributed by atoms with van der Waals surface area (Å²) in [5.74, 6) is 0.431. The standard InChI is InChI=1S/C17H23ClN2O2/c1-12(2)16(21)19-10-13-4-3-9-20(11-13)17(22)14-5-7-15(18)8-6-14/h5-8,12-13H,3-4,9-11H2,1-2H3,(H,19,21)/t13-/m1/s1. The van der Waals surface area contributed by atoms with Gasteiger partial charge in [-0.2, -0.15) is 0 Å². The molecule has 0 spiro atoms. The lowest BCUT2D eigenvalue weighted by Crippen LogP contribution is -2.44. The number of hydrogen-bond donors (Lipinski definition) is 1. The zero-order valence-electron chi connectivity index (χ0n) is 13.1. The van der Waals surface area contributed by atoms with Gasteiger partial charge in [0.2, 0.25) is 5.91 Å². The first-order chi connectivity index (χ1) is 10.5. The molecule has 0 unspecified atom stereocenters. The molecule has 1 aliphatic heterocycles. The van der Waals surface area contributed by atoms with E-state index in [1.807, 2.05) is 18.7 Å². The first-order valence-electron chi connectivity index (χ1n) is 7.80. The largest absolute Gasteiger partial charge is 0.356 e. The minimum absolute atomic E-state index is 0.00427. The van der Waals surface area contributed by atoms with Gasteiger partial charge in [0.1, 0.15) is 0 Å². The summed E-state index contributed by atoms with van der Waals surface area (Å²) in [6.07, 6.45) is 2.02. The second-order valence-electron chi connectivity index (χ2n) is 6.17. The van der Waals surface area contributed by atoms with Crippen LogP contribution in [-0.4, -0.2) is 36.3 Å². The number of nitrogens with zero attached hydrogens (tertiary/aromatic N) is 1. The van der Waals surface area contributed by atoms with Crippen LogP contribution in [-0.2, 0) is 4.79 Å². The summed E-state index contributed by atoms with van der Waals surface area (Å²) < 4.78 is 0. The minimum Gasteiger partial charge on any atom is -0.356 e. The van der Waals surface area contributed by atoms with Crippen LogP contribution in [0.25, 0.3) is 0 Å². The van der Waals surface area contributed by atoms with Gasteiger partial charge < -0.3 is 10.2 Å². The molecule has 0 saturated carbocycles. The highest BCUT2D eigenvalue weighted by molar-refractivity contribution is 6.30. The molecule has 22 heavy (non-hydrogen) atoms. The highest BCUT2D eigenvalue weighted by Gasteiger charge is 2.24. The highest BCUT2D eigenvalue weighted by atomic mass is 35.5. The fraction of sp³-hybridized carbons (Fsp3) is 0.529. The molecular weight excluding hydrogens is 300 g/mol. The molecule has 1 aromatic rings. The van der Waals surface area contributed by atoms with E-state index in [4.69, 9.17) is 11.6 Å². The molecule has 5 heteroatoms. The summed E-state index contributed by atoms with van der Waals surface area (Å²) >= 11 is 5.86. The number of hydrogen-bond acceptors (Lipinski definition) is 2. The van der Waals surface area contributed by atoms with Crippen LogP contribution in [0.2, 0.25) is 5.02 Å². The van der Waals surface area contributed by atoms with Gasteiger partial charge in [-0.25, -0.2) is 0 Å². The Morgan fingerprint density at radius 1 is 1.32 bits per heavy atom. The van der Waals surface area contributed by atoms with E-state index in [2.05, 4.69) is 5.32 Å². The molecule has 0 aliphatic carbocycles. The molecule has 120 valence electrons. The first kappa shape index (κ1) is 16.8. The van der Waals surface area contributed by atoms with E-state index >= 15 is 0 Å². The Morgan fingerprint density at radius 3 is 2.64 bits per heavy atom. The summed E-state index contributed by atoms with van der Waals surface area (Å²) in [7, 11) is 0. The lowest BCUT2D eigenvalue weighted by molar-refractivity contribution is -0.124. The topological polar surface area (TPSA) is 49.4 Å². The van der Waals surface area contributed by atoms with Crippen molar-refractivity contribution in [2.45, 2.75) is 26.7 Å². The van der Waals surface area contributed by atoms with Gasteiger partial charge in [0, 0.05) is 36.1 Å². The summed E-state index contributed by atoms with van der Waals surface area (Å²) in [5, 5.41) is 3.59. The van der Waals surface area contributed by atoms with E-state index in [9.17, 15) is 9.59 Å². The molecule has 1 atom stereocenters. The Bertz CT molecular complexity index is 528. The molecule has 2 rings (SSSR count). The van der Waals surface area contributed by atoms with Crippen LogP contribution in [0.4, 0.5) is 0 Å². The van der Waals surface area contributed by atoms with Crippen LogP contribution in [0.15, 0.2) is 24.3 Å². The Hall–Kier alpha value is -1.55. The van der Waals surface area contributed by atoms with Crippen molar-refractivity contribution < 1.29 is 9.59 Å². The molecule has 1 aliphatic rings. The number of likely N-dealkylation sites (tertiary alicyclic amines) is 1. The summed E-state index contributed by atoms with van der Waals surface area (Å²) in [6.45, 7) is 5.87. The van der Waals surface area contributed by atoms with Crippen LogP contribution < -0.4 is 5.32 Å². The fourth-order valence-corrected chi connectivity index (χ4v) is 2.77. The molecule has 1 N–H and O–H groups in total. The van der Waals surface area contributed by atoms with Crippen LogP contribution in [0.5, 0.6) is 0 Å². The number of amides is 2. The zero-order chi connectivity index (χ0) is 16.1. The van der Waals surface area contributed by atoms with Crippen LogP contribution in [0.3, 0.4) is 0 Å². The number of carbonyl (C=O) groups is 2. The van der Waals surface area contributed by atoms with Gasteiger partial charge in [0.05, 0.1) is 0 Å². The third-order valence-corrected chi connectivity index (χ3v) is 4.24. The second-order valence-corrected chi connectivity index (χ2v) is 6.60. The Labute approximate surface area is 136 Å². The minimum atomic E-state index is -0.00427. The van der Waals surface area contributed by atoms with Gasteiger partial charge in [0.25, 0.3) is 5.91 Å². The predicted octanol–water partition coefficient (Wildman–Crippen LogP) is 2.96. The van der Waals surface area contributed by atoms with E-state index < -0.39 is 0 Å². The van der Waals surface area contributed by atoms with E-state index in [1.54, 1.807) is 24.3 Å². The molecule has 0 aromatic heterocycles. The third kappa shape index (κ3) is 4.47. The van der Waals surface area contributed by atoms with E-state index in [0.29, 0.717) is 29.6 Å². The maximum atomic E-state index is 12.5. The van der Waals surface area contributed by atoms with Crippen LogP contribution in [0.1, 0.15) is 37.0 Å². The monoisotopic (exact) mass is 322 g/mol. The van der Waals surface area contributed by atoms with Crippen molar-refractivity contribution >= 4 is 23.4 Å². The van der Waals surface area contributed by atoms with Gasteiger partial charge in [-0.3, -0.25) is 9.59 Å². The molecule has 1 aromatic carbocycles. The number of halogens is 1. The molecule has 2 amide bonds. The maximum Gasteiger partial charge on any atom is 0.253 e. The quantitative estimate of drug-likeness (QED) is 0.926. The number of benzene rings is 1. The van der Waals surface area contributed by atoms with Crippen molar-refractivity contribution in [2.75, 3.05) is 19.6 Å². The van der Waals surface area contributed by atoms with E-state index in [0.717, 1.165) is 19.4 Å². The van der Waals surface area contributed by atoms with Gasteiger partial charge in [-0.15, -0.1) is 0 Å².